The zero-order valence-corrected chi connectivity index (χ0v) is 8.90. The Labute approximate surface area is 86.1 Å². The van der Waals surface area contributed by atoms with Crippen LogP contribution in [0.15, 0.2) is 36.4 Å². The molecule has 1 aromatic carbocycles. The van der Waals surface area contributed by atoms with Gasteiger partial charge in [-0.05, 0) is 36.5 Å². The van der Waals surface area contributed by atoms with E-state index in [1.807, 2.05) is 12.1 Å². The van der Waals surface area contributed by atoms with Gasteiger partial charge in [-0.2, -0.15) is 0 Å². The lowest BCUT2D eigenvalue weighted by molar-refractivity contribution is 0.474. The van der Waals surface area contributed by atoms with Crippen LogP contribution in [0, 0.1) is 5.92 Å². The first-order chi connectivity index (χ1) is 6.72. The van der Waals surface area contributed by atoms with Crippen LogP contribution in [0.2, 0.25) is 0 Å². The van der Waals surface area contributed by atoms with Crippen molar-refractivity contribution in [2.45, 2.75) is 26.7 Å². The number of hydrogen-bond donors (Lipinski definition) is 1. The zero-order chi connectivity index (χ0) is 10.4. The highest BCUT2D eigenvalue weighted by atomic mass is 16.3. The molecule has 1 N–H and O–H groups in total. The zero-order valence-electron chi connectivity index (χ0n) is 8.90. The van der Waals surface area contributed by atoms with E-state index in [4.69, 9.17) is 0 Å². The third kappa shape index (κ3) is 3.65. The van der Waals surface area contributed by atoms with Crippen LogP contribution in [-0.4, -0.2) is 5.11 Å². The molecular formula is C13H18O. The van der Waals surface area contributed by atoms with Crippen LogP contribution < -0.4 is 0 Å². The van der Waals surface area contributed by atoms with Gasteiger partial charge < -0.3 is 5.11 Å². The van der Waals surface area contributed by atoms with E-state index >= 15 is 0 Å². The third-order valence-corrected chi connectivity index (χ3v) is 2.17. The fraction of sp³-hybridized carbons (Fsp3) is 0.385. The summed E-state index contributed by atoms with van der Waals surface area (Å²) in [5, 5.41) is 9.28. The Morgan fingerprint density at radius 1 is 1.43 bits per heavy atom. The minimum absolute atomic E-state index is 0.356. The van der Waals surface area contributed by atoms with E-state index in [-0.39, 0.29) is 0 Å². The predicted molar refractivity (Wildman–Crippen MR) is 60.4 cm³/mol. The molecule has 1 rings (SSSR count). The average Bonchev–Trinajstić information content (AvgIpc) is 2.15. The van der Waals surface area contributed by atoms with Crippen LogP contribution in [-0.2, 0) is 6.42 Å². The van der Waals surface area contributed by atoms with E-state index < -0.39 is 0 Å². The molecule has 0 aromatic heterocycles. The lowest BCUT2D eigenvalue weighted by Crippen LogP contribution is -1.95. The van der Waals surface area contributed by atoms with E-state index in [0.29, 0.717) is 11.7 Å². The number of rotatable bonds is 4. The number of aromatic hydroxyl groups is 1. The average molecular weight is 190 g/mol. The van der Waals surface area contributed by atoms with Crippen LogP contribution in [0.3, 0.4) is 0 Å². The number of hydrogen-bond acceptors (Lipinski definition) is 1. The summed E-state index contributed by atoms with van der Waals surface area (Å²) in [6, 6.07) is 7.48. The molecule has 0 bridgehead atoms. The van der Waals surface area contributed by atoms with Gasteiger partial charge in [0.05, 0.1) is 0 Å². The fourth-order valence-corrected chi connectivity index (χ4v) is 1.49. The summed E-state index contributed by atoms with van der Waals surface area (Å²) >= 11 is 0. The van der Waals surface area contributed by atoms with Crippen molar-refractivity contribution >= 4 is 0 Å². The summed E-state index contributed by atoms with van der Waals surface area (Å²) in [6.07, 6.45) is 6.49. The molecule has 0 heterocycles. The monoisotopic (exact) mass is 190 g/mol. The number of phenolic OH excluding ortho intramolecular Hbond substituents is 1. The second-order valence-corrected chi connectivity index (χ2v) is 3.69. The molecule has 1 unspecified atom stereocenters. The largest absolute Gasteiger partial charge is 0.508 e. The minimum atomic E-state index is 0.356. The van der Waals surface area contributed by atoms with Crippen LogP contribution in [0.5, 0.6) is 5.75 Å². The quantitative estimate of drug-likeness (QED) is 0.720. The molecule has 0 aliphatic rings. The summed E-state index contributed by atoms with van der Waals surface area (Å²) < 4.78 is 0. The molecule has 0 fully saturated rings. The molecule has 1 heteroatoms. The highest BCUT2D eigenvalue weighted by Crippen LogP contribution is 2.15. The van der Waals surface area contributed by atoms with Gasteiger partial charge in [0.2, 0.25) is 0 Å². The number of allylic oxidation sites excluding steroid dienone is 2. The van der Waals surface area contributed by atoms with Gasteiger partial charge in [-0.25, -0.2) is 0 Å². The Morgan fingerprint density at radius 2 is 2.21 bits per heavy atom. The molecule has 1 atom stereocenters. The Bertz CT molecular complexity index is 302. The van der Waals surface area contributed by atoms with Crippen molar-refractivity contribution in [3.63, 3.8) is 0 Å². The Balaban J connectivity index is 2.55. The maximum atomic E-state index is 9.28. The van der Waals surface area contributed by atoms with Crippen molar-refractivity contribution in [2.24, 2.45) is 5.92 Å². The van der Waals surface area contributed by atoms with Crippen LogP contribution in [0.25, 0.3) is 0 Å². The predicted octanol–water partition coefficient (Wildman–Crippen LogP) is 3.54. The Hall–Kier alpha value is -1.24. The second kappa shape index (κ2) is 5.48. The SMILES string of the molecule is CC/C=C\C(C)Cc1cccc(O)c1. The molecule has 1 aromatic rings. The van der Waals surface area contributed by atoms with E-state index in [2.05, 4.69) is 32.1 Å². The minimum Gasteiger partial charge on any atom is -0.508 e. The van der Waals surface area contributed by atoms with E-state index in [9.17, 15) is 5.11 Å². The van der Waals surface area contributed by atoms with Crippen molar-refractivity contribution in [2.75, 3.05) is 0 Å². The van der Waals surface area contributed by atoms with Crippen molar-refractivity contribution in [1.29, 1.82) is 0 Å². The van der Waals surface area contributed by atoms with Gasteiger partial charge >= 0.3 is 0 Å². The highest BCUT2D eigenvalue weighted by Gasteiger charge is 1.99. The van der Waals surface area contributed by atoms with Crippen molar-refractivity contribution in [1.82, 2.24) is 0 Å². The molecule has 0 saturated heterocycles. The lowest BCUT2D eigenvalue weighted by atomic mass is 10.0. The number of benzene rings is 1. The van der Waals surface area contributed by atoms with Gasteiger partial charge in [0, 0.05) is 0 Å². The van der Waals surface area contributed by atoms with Gasteiger partial charge in [0.25, 0.3) is 0 Å². The molecule has 76 valence electrons. The summed E-state index contributed by atoms with van der Waals surface area (Å²) in [6.45, 7) is 4.33. The smallest absolute Gasteiger partial charge is 0.115 e. The normalized spacial score (nSPS) is 13.3. The Kier molecular flexibility index (Phi) is 4.24. The molecule has 0 amide bonds. The van der Waals surface area contributed by atoms with Gasteiger partial charge in [0.1, 0.15) is 5.75 Å². The molecular weight excluding hydrogens is 172 g/mol. The van der Waals surface area contributed by atoms with Crippen molar-refractivity contribution in [3.05, 3.63) is 42.0 Å². The molecule has 0 aliphatic heterocycles. The molecule has 0 aliphatic carbocycles. The molecule has 0 saturated carbocycles. The maximum Gasteiger partial charge on any atom is 0.115 e. The molecule has 1 nitrogen and oxygen atoms in total. The van der Waals surface area contributed by atoms with Crippen LogP contribution in [0.1, 0.15) is 25.8 Å². The van der Waals surface area contributed by atoms with E-state index in [1.54, 1.807) is 6.07 Å². The first-order valence-electron chi connectivity index (χ1n) is 5.17. The highest BCUT2D eigenvalue weighted by molar-refractivity contribution is 5.27. The van der Waals surface area contributed by atoms with Gasteiger partial charge in [-0.3, -0.25) is 0 Å². The maximum absolute atomic E-state index is 9.28. The summed E-state index contributed by atoms with van der Waals surface area (Å²) in [5.74, 6) is 0.894. The van der Waals surface area contributed by atoms with Crippen molar-refractivity contribution in [3.8, 4) is 5.75 Å². The van der Waals surface area contributed by atoms with Gasteiger partial charge in [-0.15, -0.1) is 0 Å². The van der Waals surface area contributed by atoms with Crippen molar-refractivity contribution < 1.29 is 5.11 Å². The summed E-state index contributed by atoms with van der Waals surface area (Å²) in [4.78, 5) is 0. The van der Waals surface area contributed by atoms with E-state index in [0.717, 1.165) is 12.8 Å². The van der Waals surface area contributed by atoms with E-state index in [1.165, 1.54) is 5.56 Å². The van der Waals surface area contributed by atoms with Gasteiger partial charge in [0.15, 0.2) is 0 Å². The first kappa shape index (κ1) is 10.8. The summed E-state index contributed by atoms with van der Waals surface area (Å²) in [7, 11) is 0. The number of phenols is 1. The fourth-order valence-electron chi connectivity index (χ4n) is 1.49. The third-order valence-electron chi connectivity index (χ3n) is 2.17. The standard InChI is InChI=1S/C13H18O/c1-3-4-6-11(2)9-12-7-5-8-13(14)10-12/h4-8,10-11,14H,3,9H2,1-2H3/b6-4-. The molecule has 14 heavy (non-hydrogen) atoms. The Morgan fingerprint density at radius 3 is 2.86 bits per heavy atom. The van der Waals surface area contributed by atoms with Crippen LogP contribution in [0.4, 0.5) is 0 Å². The molecule has 0 spiro atoms. The van der Waals surface area contributed by atoms with Gasteiger partial charge in [-0.1, -0.05) is 38.1 Å². The second-order valence-electron chi connectivity index (χ2n) is 3.69. The lowest BCUT2D eigenvalue weighted by Gasteiger charge is -2.06. The summed E-state index contributed by atoms with van der Waals surface area (Å²) in [5.41, 5.74) is 1.19. The van der Waals surface area contributed by atoms with Crippen LogP contribution >= 0.6 is 0 Å². The topological polar surface area (TPSA) is 20.2 Å². The first-order valence-corrected chi connectivity index (χ1v) is 5.17. The molecule has 0 radical (unpaired) electrons.